The predicted molar refractivity (Wildman–Crippen MR) is 78.7 cm³/mol. The number of hydrogen-bond donors (Lipinski definition) is 1. The van der Waals surface area contributed by atoms with Crippen LogP contribution < -0.4 is 5.32 Å². The molecular formula is C15H14FN5. The summed E-state index contributed by atoms with van der Waals surface area (Å²) in [5, 5.41) is 7.14. The Kier molecular flexibility index (Phi) is 3.59. The maximum absolute atomic E-state index is 13.9. The lowest BCUT2D eigenvalue weighted by atomic mass is 10.1. The van der Waals surface area contributed by atoms with Crippen molar-refractivity contribution in [1.82, 2.24) is 19.7 Å². The summed E-state index contributed by atoms with van der Waals surface area (Å²) in [6.07, 6.45) is 4.57. The van der Waals surface area contributed by atoms with Crippen molar-refractivity contribution in [3.8, 4) is 16.9 Å². The topological polar surface area (TPSA) is 55.6 Å². The molecule has 0 amide bonds. The first kappa shape index (κ1) is 13.2. The van der Waals surface area contributed by atoms with Crippen LogP contribution in [0.15, 0.2) is 48.9 Å². The maximum Gasteiger partial charge on any atom is 0.224 e. The molecule has 0 saturated carbocycles. The summed E-state index contributed by atoms with van der Waals surface area (Å²) in [5.74, 6) is -0.00634. The van der Waals surface area contributed by atoms with Gasteiger partial charge in [-0.15, -0.1) is 0 Å². The van der Waals surface area contributed by atoms with Crippen LogP contribution in [-0.4, -0.2) is 26.3 Å². The fraction of sp³-hybridized carbons (Fsp3) is 0.133. The van der Waals surface area contributed by atoms with Gasteiger partial charge >= 0.3 is 0 Å². The van der Waals surface area contributed by atoms with Crippen molar-refractivity contribution in [2.45, 2.75) is 6.92 Å². The van der Waals surface area contributed by atoms with Crippen LogP contribution in [0.5, 0.6) is 0 Å². The highest BCUT2D eigenvalue weighted by Crippen LogP contribution is 2.20. The Morgan fingerprint density at radius 1 is 1.14 bits per heavy atom. The van der Waals surface area contributed by atoms with E-state index in [0.29, 0.717) is 12.5 Å². The molecule has 0 saturated heterocycles. The number of benzene rings is 1. The van der Waals surface area contributed by atoms with Gasteiger partial charge in [0, 0.05) is 18.3 Å². The molecule has 3 aromatic rings. The highest BCUT2D eigenvalue weighted by molar-refractivity contribution is 5.61. The van der Waals surface area contributed by atoms with E-state index in [0.717, 1.165) is 17.3 Å². The van der Waals surface area contributed by atoms with Crippen LogP contribution in [0.1, 0.15) is 6.92 Å². The van der Waals surface area contributed by atoms with Gasteiger partial charge in [-0.1, -0.05) is 30.3 Å². The van der Waals surface area contributed by atoms with E-state index in [2.05, 4.69) is 20.4 Å². The number of nitrogens with one attached hydrogen (secondary N) is 1. The molecule has 0 bridgehead atoms. The monoisotopic (exact) mass is 283 g/mol. The highest BCUT2D eigenvalue weighted by atomic mass is 19.1. The molecule has 0 aliphatic rings. The third-order valence-corrected chi connectivity index (χ3v) is 2.97. The Morgan fingerprint density at radius 2 is 1.95 bits per heavy atom. The van der Waals surface area contributed by atoms with Crippen LogP contribution in [0.3, 0.4) is 0 Å². The van der Waals surface area contributed by atoms with Gasteiger partial charge in [0.2, 0.25) is 5.95 Å². The van der Waals surface area contributed by atoms with E-state index in [4.69, 9.17) is 0 Å². The fourth-order valence-corrected chi connectivity index (χ4v) is 1.98. The van der Waals surface area contributed by atoms with Crippen molar-refractivity contribution in [1.29, 1.82) is 0 Å². The normalized spacial score (nSPS) is 10.6. The molecule has 1 N–H and O–H groups in total. The zero-order valence-electron chi connectivity index (χ0n) is 11.5. The van der Waals surface area contributed by atoms with Crippen molar-refractivity contribution in [3.63, 3.8) is 0 Å². The summed E-state index contributed by atoms with van der Waals surface area (Å²) in [6, 6.07) is 9.78. The third kappa shape index (κ3) is 2.74. The summed E-state index contributed by atoms with van der Waals surface area (Å²) in [6.45, 7) is 2.59. The van der Waals surface area contributed by atoms with Gasteiger partial charge in [0.15, 0.2) is 11.6 Å². The lowest BCUT2D eigenvalue weighted by molar-refractivity contribution is 0.593. The first-order chi connectivity index (χ1) is 10.3. The quantitative estimate of drug-likeness (QED) is 0.800. The zero-order valence-corrected chi connectivity index (χ0v) is 11.5. The molecule has 0 spiro atoms. The second-order valence-corrected chi connectivity index (χ2v) is 4.44. The number of anilines is 1. The van der Waals surface area contributed by atoms with Gasteiger partial charge in [-0.05, 0) is 12.5 Å². The van der Waals surface area contributed by atoms with Gasteiger partial charge in [0.05, 0.1) is 12.4 Å². The molecular weight excluding hydrogens is 269 g/mol. The Morgan fingerprint density at radius 3 is 2.71 bits per heavy atom. The smallest absolute Gasteiger partial charge is 0.224 e. The zero-order chi connectivity index (χ0) is 14.7. The van der Waals surface area contributed by atoms with Gasteiger partial charge in [0.25, 0.3) is 0 Å². The molecule has 1 aromatic carbocycles. The van der Waals surface area contributed by atoms with Crippen LogP contribution in [0.4, 0.5) is 10.3 Å². The molecule has 0 fully saturated rings. The lowest BCUT2D eigenvalue weighted by Crippen LogP contribution is -2.08. The first-order valence-corrected chi connectivity index (χ1v) is 6.65. The van der Waals surface area contributed by atoms with Gasteiger partial charge in [-0.3, -0.25) is 0 Å². The summed E-state index contributed by atoms with van der Waals surface area (Å²) in [4.78, 5) is 8.02. The second kappa shape index (κ2) is 5.70. The van der Waals surface area contributed by atoms with E-state index in [9.17, 15) is 4.39 Å². The molecule has 106 valence electrons. The van der Waals surface area contributed by atoms with Crippen LogP contribution in [0.25, 0.3) is 16.9 Å². The standard InChI is InChI=1S/C15H14FN5/c1-2-17-15-18-9-13(16)14(20-15)21-10-12(8-19-21)11-6-4-3-5-7-11/h3-10H,2H2,1H3,(H,17,18,20). The van der Waals surface area contributed by atoms with E-state index in [1.807, 2.05) is 37.3 Å². The molecule has 0 unspecified atom stereocenters. The Labute approximate surface area is 121 Å². The minimum Gasteiger partial charge on any atom is -0.354 e. The van der Waals surface area contributed by atoms with Crippen molar-refractivity contribution in [2.75, 3.05) is 11.9 Å². The minimum absolute atomic E-state index is 0.128. The molecule has 3 rings (SSSR count). The highest BCUT2D eigenvalue weighted by Gasteiger charge is 2.11. The molecule has 0 aliphatic carbocycles. The third-order valence-electron chi connectivity index (χ3n) is 2.97. The second-order valence-electron chi connectivity index (χ2n) is 4.44. The largest absolute Gasteiger partial charge is 0.354 e. The van der Waals surface area contributed by atoms with Gasteiger partial charge in [-0.2, -0.15) is 10.1 Å². The van der Waals surface area contributed by atoms with Gasteiger partial charge in [-0.25, -0.2) is 14.1 Å². The molecule has 0 aliphatic heterocycles. The number of rotatable bonds is 4. The van der Waals surface area contributed by atoms with Crippen molar-refractivity contribution >= 4 is 5.95 Å². The molecule has 2 aromatic heterocycles. The van der Waals surface area contributed by atoms with Crippen molar-refractivity contribution in [2.24, 2.45) is 0 Å². The van der Waals surface area contributed by atoms with E-state index in [1.165, 1.54) is 4.68 Å². The Hall–Kier alpha value is -2.76. The van der Waals surface area contributed by atoms with Gasteiger partial charge in [0.1, 0.15) is 0 Å². The van der Waals surface area contributed by atoms with Crippen molar-refractivity contribution in [3.05, 3.63) is 54.7 Å². The van der Waals surface area contributed by atoms with E-state index in [-0.39, 0.29) is 5.82 Å². The predicted octanol–water partition coefficient (Wildman–Crippen LogP) is 2.90. The number of halogens is 1. The Bertz CT molecular complexity index is 739. The molecule has 2 heterocycles. The summed E-state index contributed by atoms with van der Waals surface area (Å²) >= 11 is 0. The number of nitrogens with zero attached hydrogens (tertiary/aromatic N) is 4. The van der Waals surface area contributed by atoms with Crippen LogP contribution in [0, 0.1) is 5.82 Å². The van der Waals surface area contributed by atoms with Crippen molar-refractivity contribution < 1.29 is 4.39 Å². The molecule has 0 atom stereocenters. The summed E-state index contributed by atoms with van der Waals surface area (Å²) in [5.41, 5.74) is 1.92. The molecule has 21 heavy (non-hydrogen) atoms. The lowest BCUT2D eigenvalue weighted by Gasteiger charge is -2.05. The average molecular weight is 283 g/mol. The SMILES string of the molecule is CCNc1ncc(F)c(-n2cc(-c3ccccc3)cn2)n1. The van der Waals surface area contributed by atoms with Gasteiger partial charge < -0.3 is 5.32 Å². The summed E-state index contributed by atoms with van der Waals surface area (Å²) < 4.78 is 15.3. The van der Waals surface area contributed by atoms with E-state index in [1.54, 1.807) is 12.4 Å². The van der Waals surface area contributed by atoms with Crippen LogP contribution >= 0.6 is 0 Å². The number of aromatic nitrogens is 4. The molecule has 6 heteroatoms. The average Bonchev–Trinajstić information content (AvgIpc) is 3.00. The van der Waals surface area contributed by atoms with E-state index < -0.39 is 5.82 Å². The fourth-order valence-electron chi connectivity index (χ4n) is 1.98. The van der Waals surface area contributed by atoms with Crippen LogP contribution in [-0.2, 0) is 0 Å². The minimum atomic E-state index is -0.514. The maximum atomic E-state index is 13.9. The Balaban J connectivity index is 1.98. The van der Waals surface area contributed by atoms with Crippen LogP contribution in [0.2, 0.25) is 0 Å². The molecule has 0 radical (unpaired) electrons. The number of hydrogen-bond acceptors (Lipinski definition) is 4. The molecule has 5 nitrogen and oxygen atoms in total. The first-order valence-electron chi connectivity index (χ1n) is 6.65. The van der Waals surface area contributed by atoms with E-state index >= 15 is 0 Å². The summed E-state index contributed by atoms with van der Waals surface area (Å²) in [7, 11) is 0.